The van der Waals surface area contributed by atoms with Crippen LogP contribution in [-0.4, -0.2) is 19.7 Å². The molecule has 0 spiro atoms. The lowest BCUT2D eigenvalue weighted by atomic mass is 10.3. The Morgan fingerprint density at radius 3 is 2.72 bits per heavy atom. The third-order valence-electron chi connectivity index (χ3n) is 2.63. The summed E-state index contributed by atoms with van der Waals surface area (Å²) in [5.74, 6) is 0.188. The number of nitrogens with one attached hydrogen (secondary N) is 1. The molecule has 18 heavy (non-hydrogen) atoms. The van der Waals surface area contributed by atoms with Gasteiger partial charge in [0.15, 0.2) is 5.65 Å². The second-order valence-electron chi connectivity index (χ2n) is 3.92. The molecule has 3 rings (SSSR count). The number of benzene rings is 1. The topological polar surface area (TPSA) is 63.6 Å². The number of halogens is 1. The molecule has 0 aliphatic heterocycles. The van der Waals surface area contributed by atoms with Crippen molar-refractivity contribution in [2.24, 2.45) is 0 Å². The highest BCUT2D eigenvalue weighted by Gasteiger charge is 2.09. The zero-order valence-electron chi connectivity index (χ0n) is 9.51. The second-order valence-corrected chi connectivity index (χ2v) is 3.92. The summed E-state index contributed by atoms with van der Waals surface area (Å²) in [4.78, 5) is 18.5. The van der Waals surface area contributed by atoms with E-state index in [-0.39, 0.29) is 11.4 Å². The van der Waals surface area contributed by atoms with Crippen LogP contribution in [0.2, 0.25) is 0 Å². The third-order valence-corrected chi connectivity index (χ3v) is 2.63. The highest BCUT2D eigenvalue weighted by atomic mass is 19.1. The van der Waals surface area contributed by atoms with Gasteiger partial charge in [0, 0.05) is 0 Å². The average Bonchev–Trinajstić information content (AvgIpc) is 2.74. The molecular formula is C12H9FN4O. The summed E-state index contributed by atoms with van der Waals surface area (Å²) < 4.78 is 14.4. The Morgan fingerprint density at radius 1 is 1.28 bits per heavy atom. The van der Waals surface area contributed by atoms with Crippen molar-refractivity contribution < 1.29 is 4.39 Å². The van der Waals surface area contributed by atoms with Gasteiger partial charge in [0.25, 0.3) is 5.56 Å². The SMILES string of the molecule is Cc1nc2c(cnn2-c2ccc(F)cc2)c(=O)[nH]1. The van der Waals surface area contributed by atoms with E-state index in [9.17, 15) is 9.18 Å². The fourth-order valence-corrected chi connectivity index (χ4v) is 1.80. The molecular weight excluding hydrogens is 235 g/mol. The normalized spacial score (nSPS) is 11.0. The first kappa shape index (κ1) is 10.6. The number of H-pyrrole nitrogens is 1. The molecule has 6 heteroatoms. The van der Waals surface area contributed by atoms with Crippen LogP contribution in [0.3, 0.4) is 0 Å². The lowest BCUT2D eigenvalue weighted by molar-refractivity contribution is 0.627. The van der Waals surface area contributed by atoms with E-state index in [2.05, 4.69) is 15.1 Å². The summed E-state index contributed by atoms with van der Waals surface area (Å²) in [6.45, 7) is 1.70. The molecule has 1 N–H and O–H groups in total. The number of rotatable bonds is 1. The highest BCUT2D eigenvalue weighted by molar-refractivity contribution is 5.75. The minimum absolute atomic E-state index is 0.231. The number of aromatic nitrogens is 4. The molecule has 0 bridgehead atoms. The Hall–Kier alpha value is -2.50. The molecule has 0 saturated carbocycles. The Bertz CT molecular complexity index is 773. The number of hydrogen-bond donors (Lipinski definition) is 1. The van der Waals surface area contributed by atoms with Gasteiger partial charge in [0.1, 0.15) is 17.0 Å². The molecule has 0 atom stereocenters. The number of aryl methyl sites for hydroxylation is 1. The van der Waals surface area contributed by atoms with Gasteiger partial charge in [0.05, 0.1) is 11.9 Å². The van der Waals surface area contributed by atoms with E-state index in [0.29, 0.717) is 22.5 Å². The van der Waals surface area contributed by atoms with Crippen LogP contribution in [-0.2, 0) is 0 Å². The predicted molar refractivity (Wildman–Crippen MR) is 64.2 cm³/mol. The minimum atomic E-state index is -0.322. The lowest BCUT2D eigenvalue weighted by Crippen LogP contribution is -2.10. The minimum Gasteiger partial charge on any atom is -0.310 e. The van der Waals surface area contributed by atoms with Gasteiger partial charge < -0.3 is 4.98 Å². The van der Waals surface area contributed by atoms with E-state index in [1.807, 2.05) is 0 Å². The molecule has 0 aliphatic rings. The summed E-state index contributed by atoms with van der Waals surface area (Å²) >= 11 is 0. The Balaban J connectivity index is 2.30. The van der Waals surface area contributed by atoms with E-state index in [1.54, 1.807) is 19.1 Å². The number of aromatic amines is 1. The van der Waals surface area contributed by atoms with E-state index in [0.717, 1.165) is 0 Å². The van der Waals surface area contributed by atoms with Gasteiger partial charge in [-0.3, -0.25) is 4.79 Å². The van der Waals surface area contributed by atoms with Crippen LogP contribution >= 0.6 is 0 Å². The fraction of sp³-hybridized carbons (Fsp3) is 0.0833. The summed E-state index contributed by atoms with van der Waals surface area (Å²) in [6.07, 6.45) is 1.45. The van der Waals surface area contributed by atoms with Gasteiger partial charge in [-0.15, -0.1) is 0 Å². The van der Waals surface area contributed by atoms with Crippen molar-refractivity contribution >= 4 is 11.0 Å². The standard InChI is InChI=1S/C12H9FN4O/c1-7-15-11-10(12(18)16-7)6-14-17(11)9-4-2-8(13)3-5-9/h2-6H,1H3,(H,15,16,18). The third kappa shape index (κ3) is 1.58. The second kappa shape index (κ2) is 3.76. The maximum atomic E-state index is 12.9. The van der Waals surface area contributed by atoms with Gasteiger partial charge in [0.2, 0.25) is 0 Å². The molecule has 3 aromatic rings. The Labute approximate surface area is 101 Å². The zero-order valence-corrected chi connectivity index (χ0v) is 9.51. The molecule has 5 nitrogen and oxygen atoms in total. The Morgan fingerprint density at radius 2 is 2.00 bits per heavy atom. The number of nitrogens with zero attached hydrogens (tertiary/aromatic N) is 3. The Kier molecular flexibility index (Phi) is 2.22. The van der Waals surface area contributed by atoms with E-state index in [1.165, 1.54) is 23.0 Å². The highest BCUT2D eigenvalue weighted by Crippen LogP contribution is 2.14. The molecule has 2 heterocycles. The molecule has 0 unspecified atom stereocenters. The van der Waals surface area contributed by atoms with Crippen LogP contribution in [0.5, 0.6) is 0 Å². The summed E-state index contributed by atoms with van der Waals surface area (Å²) in [7, 11) is 0. The quantitative estimate of drug-likeness (QED) is 0.706. The molecule has 0 radical (unpaired) electrons. The maximum absolute atomic E-state index is 12.9. The van der Waals surface area contributed by atoms with Crippen LogP contribution in [0, 0.1) is 12.7 Å². The largest absolute Gasteiger partial charge is 0.310 e. The van der Waals surface area contributed by atoms with Gasteiger partial charge in [-0.05, 0) is 31.2 Å². The first-order valence-corrected chi connectivity index (χ1v) is 5.36. The molecule has 1 aromatic carbocycles. The van der Waals surface area contributed by atoms with E-state index in [4.69, 9.17) is 0 Å². The van der Waals surface area contributed by atoms with Crippen LogP contribution in [0.15, 0.2) is 35.3 Å². The maximum Gasteiger partial charge on any atom is 0.262 e. The van der Waals surface area contributed by atoms with Gasteiger partial charge >= 0.3 is 0 Å². The first-order valence-electron chi connectivity index (χ1n) is 5.36. The summed E-state index contributed by atoms with van der Waals surface area (Å²) in [6, 6.07) is 5.84. The van der Waals surface area contributed by atoms with Crippen molar-refractivity contribution in [3.63, 3.8) is 0 Å². The van der Waals surface area contributed by atoms with Crippen molar-refractivity contribution in [1.29, 1.82) is 0 Å². The van der Waals surface area contributed by atoms with E-state index >= 15 is 0 Å². The molecule has 90 valence electrons. The molecule has 0 aliphatic carbocycles. The lowest BCUT2D eigenvalue weighted by Gasteiger charge is -2.02. The molecule has 0 fully saturated rings. The fourth-order valence-electron chi connectivity index (χ4n) is 1.80. The van der Waals surface area contributed by atoms with E-state index < -0.39 is 0 Å². The summed E-state index contributed by atoms with van der Waals surface area (Å²) in [5.41, 5.74) is 0.887. The molecule has 0 amide bonds. The monoisotopic (exact) mass is 244 g/mol. The van der Waals surface area contributed by atoms with Crippen LogP contribution < -0.4 is 5.56 Å². The van der Waals surface area contributed by atoms with Crippen LogP contribution in [0.4, 0.5) is 4.39 Å². The van der Waals surface area contributed by atoms with Crippen molar-refractivity contribution in [3.8, 4) is 5.69 Å². The number of fused-ring (bicyclic) bond motifs is 1. The van der Waals surface area contributed by atoms with Crippen molar-refractivity contribution in [2.75, 3.05) is 0 Å². The van der Waals surface area contributed by atoms with Crippen molar-refractivity contribution in [1.82, 2.24) is 19.7 Å². The number of hydrogen-bond acceptors (Lipinski definition) is 3. The van der Waals surface area contributed by atoms with Crippen molar-refractivity contribution in [2.45, 2.75) is 6.92 Å². The van der Waals surface area contributed by atoms with Gasteiger partial charge in [-0.2, -0.15) is 5.10 Å². The molecule has 2 aromatic heterocycles. The zero-order chi connectivity index (χ0) is 12.7. The molecule has 0 saturated heterocycles. The van der Waals surface area contributed by atoms with Crippen LogP contribution in [0.25, 0.3) is 16.7 Å². The van der Waals surface area contributed by atoms with Crippen molar-refractivity contribution in [3.05, 3.63) is 52.5 Å². The predicted octanol–water partition coefficient (Wildman–Crippen LogP) is 1.56. The smallest absolute Gasteiger partial charge is 0.262 e. The summed E-state index contributed by atoms with van der Waals surface area (Å²) in [5, 5.41) is 4.52. The van der Waals surface area contributed by atoms with Crippen LogP contribution in [0.1, 0.15) is 5.82 Å². The first-order chi connectivity index (χ1) is 8.65. The van der Waals surface area contributed by atoms with Gasteiger partial charge in [-0.1, -0.05) is 0 Å². The average molecular weight is 244 g/mol. The van der Waals surface area contributed by atoms with Gasteiger partial charge in [-0.25, -0.2) is 14.1 Å².